The number of alkyl halides is 2. The largest absolute Gasteiger partial charge is 0.377 e. The monoisotopic (exact) mass is 683 g/mol. The first-order chi connectivity index (χ1) is 23.5. The third-order valence-corrected chi connectivity index (χ3v) is 9.46. The average Bonchev–Trinajstić information content (AvgIpc) is 3.50. The molecule has 0 radical (unpaired) electrons. The van der Waals surface area contributed by atoms with Crippen LogP contribution in [0.15, 0.2) is 42.7 Å². The number of halogens is 5. The molecule has 4 unspecified atom stereocenters. The summed E-state index contributed by atoms with van der Waals surface area (Å²) in [4.78, 5) is 48.3. The number of anilines is 1. The zero-order chi connectivity index (χ0) is 34.9. The van der Waals surface area contributed by atoms with Gasteiger partial charge in [0.1, 0.15) is 17.7 Å². The van der Waals surface area contributed by atoms with Crippen LogP contribution in [0.1, 0.15) is 76.3 Å². The van der Waals surface area contributed by atoms with Crippen molar-refractivity contribution in [2.75, 3.05) is 25.1 Å². The predicted octanol–water partition coefficient (Wildman–Crippen LogP) is 5.31. The molecule has 2 aromatic heterocycles. The standard InChI is InChI=1S/C35H34F5N5O4/c1-19-24(30-26(36)5-6-27(37)31(30)38)14-29-34(48)45(19)17-35(39,40)7-3-9-49-8-2-4-20-10-25(32(42-15-20)43-18-46)21-11-22-12-23(33(47)44-29)16-41-28(22)13-21/h2,4-6,10,12,15-16,18-19,21,24,29H,3,7-9,11,13-14,17H2,1H3,(H,44,47)(H,42,43,46)/b4-2+. The topological polar surface area (TPSA) is 114 Å². The summed E-state index contributed by atoms with van der Waals surface area (Å²) in [7, 11) is 0. The van der Waals surface area contributed by atoms with Crippen LogP contribution < -0.4 is 10.6 Å². The number of fused-ring (bicyclic) bond motifs is 7. The van der Waals surface area contributed by atoms with Gasteiger partial charge in [-0.2, -0.15) is 0 Å². The van der Waals surface area contributed by atoms with Crippen LogP contribution in [0.5, 0.6) is 0 Å². The SMILES string of the molecule is CC1C(c2c(F)ccc(F)c2F)CC2NC(=O)c3cnc4c(c3)CC(C4)c3cc(cnc3NC=O)/C=C/COCCCC(F)(F)CN1C2=O. The Kier molecular flexibility index (Phi) is 9.77. The molecule has 258 valence electrons. The highest BCUT2D eigenvalue weighted by atomic mass is 19.3. The molecule has 3 amide bonds. The minimum Gasteiger partial charge on any atom is -0.377 e. The Morgan fingerprint density at radius 1 is 1.08 bits per heavy atom. The Balaban J connectivity index is 1.35. The van der Waals surface area contributed by atoms with Crippen molar-refractivity contribution in [2.45, 2.75) is 68.9 Å². The van der Waals surface area contributed by atoms with Crippen molar-refractivity contribution in [1.82, 2.24) is 20.2 Å². The number of hydrogen-bond donors (Lipinski definition) is 2. The van der Waals surface area contributed by atoms with Crippen LogP contribution in [0.3, 0.4) is 0 Å². The first-order valence-electron chi connectivity index (χ1n) is 16.0. The molecule has 2 N–H and O–H groups in total. The van der Waals surface area contributed by atoms with E-state index in [0.29, 0.717) is 31.1 Å². The second kappa shape index (κ2) is 14.0. The van der Waals surface area contributed by atoms with E-state index in [1.807, 2.05) is 6.07 Å². The Bertz CT molecular complexity index is 1800. The number of amides is 3. The minimum atomic E-state index is -3.42. The minimum absolute atomic E-state index is 0.00937. The van der Waals surface area contributed by atoms with Crippen molar-refractivity contribution in [1.29, 1.82) is 0 Å². The number of benzene rings is 1. The Labute approximate surface area is 278 Å². The van der Waals surface area contributed by atoms with Gasteiger partial charge in [0.2, 0.25) is 12.3 Å². The third-order valence-electron chi connectivity index (χ3n) is 9.46. The number of carbonyl (C=O) groups is 3. The van der Waals surface area contributed by atoms with Crippen molar-refractivity contribution in [2.24, 2.45) is 0 Å². The van der Waals surface area contributed by atoms with Gasteiger partial charge in [0.05, 0.1) is 18.7 Å². The molecule has 0 spiro atoms. The molecule has 2 aliphatic heterocycles. The quantitative estimate of drug-likeness (QED) is 0.220. The van der Waals surface area contributed by atoms with E-state index >= 15 is 17.6 Å². The summed E-state index contributed by atoms with van der Waals surface area (Å²) in [5.74, 6) is -9.92. The second-order valence-electron chi connectivity index (χ2n) is 12.7. The molecule has 7 bridgehead atoms. The fourth-order valence-electron chi connectivity index (χ4n) is 6.98. The van der Waals surface area contributed by atoms with Crippen molar-refractivity contribution in [3.8, 4) is 0 Å². The summed E-state index contributed by atoms with van der Waals surface area (Å²) < 4.78 is 80.7. The second-order valence-corrected chi connectivity index (χ2v) is 12.7. The maximum Gasteiger partial charge on any atom is 0.265 e. The van der Waals surface area contributed by atoms with Crippen LogP contribution >= 0.6 is 0 Å². The fraction of sp³-hybridized carbons (Fsp3) is 0.400. The molecule has 1 aromatic carbocycles. The van der Waals surface area contributed by atoms with E-state index in [0.717, 1.165) is 33.4 Å². The van der Waals surface area contributed by atoms with Crippen molar-refractivity contribution < 1.29 is 41.1 Å². The van der Waals surface area contributed by atoms with Gasteiger partial charge in [0.15, 0.2) is 11.6 Å². The Hall–Kier alpha value is -4.72. The van der Waals surface area contributed by atoms with Gasteiger partial charge in [-0.15, -0.1) is 0 Å². The summed E-state index contributed by atoms with van der Waals surface area (Å²) in [5, 5.41) is 5.20. The summed E-state index contributed by atoms with van der Waals surface area (Å²) in [5.41, 5.74) is 2.38. The van der Waals surface area contributed by atoms with Crippen molar-refractivity contribution in [3.63, 3.8) is 0 Å². The van der Waals surface area contributed by atoms with Gasteiger partial charge in [-0.05, 0) is 79.5 Å². The first-order valence-corrected chi connectivity index (χ1v) is 16.0. The van der Waals surface area contributed by atoms with Gasteiger partial charge < -0.3 is 20.3 Å². The number of ether oxygens (including phenoxy) is 1. The maximum absolute atomic E-state index is 15.4. The van der Waals surface area contributed by atoms with Gasteiger partial charge in [-0.25, -0.2) is 26.9 Å². The van der Waals surface area contributed by atoms with E-state index in [4.69, 9.17) is 4.74 Å². The van der Waals surface area contributed by atoms with Crippen LogP contribution in [0, 0.1) is 17.5 Å². The highest BCUT2D eigenvalue weighted by molar-refractivity contribution is 5.98. The normalized spacial score (nSPS) is 24.8. The summed E-state index contributed by atoms with van der Waals surface area (Å²) >= 11 is 0. The van der Waals surface area contributed by atoms with Gasteiger partial charge >= 0.3 is 0 Å². The molecule has 49 heavy (non-hydrogen) atoms. The molecule has 3 aliphatic rings. The van der Waals surface area contributed by atoms with Crippen molar-refractivity contribution in [3.05, 3.63) is 93.7 Å². The molecule has 14 heteroatoms. The molecule has 6 rings (SSSR count). The van der Waals surface area contributed by atoms with E-state index in [2.05, 4.69) is 20.6 Å². The third kappa shape index (κ3) is 7.19. The number of rotatable bonds is 3. The molecule has 0 saturated carbocycles. The highest BCUT2D eigenvalue weighted by Crippen LogP contribution is 2.39. The highest BCUT2D eigenvalue weighted by Gasteiger charge is 2.46. The number of piperidine rings is 1. The molecule has 4 atom stereocenters. The first kappa shape index (κ1) is 34.2. The molecule has 3 aromatic rings. The van der Waals surface area contributed by atoms with Crippen LogP contribution in [0.25, 0.3) is 6.08 Å². The molecule has 1 saturated heterocycles. The molecule has 1 fully saturated rings. The Morgan fingerprint density at radius 2 is 1.88 bits per heavy atom. The van der Waals surface area contributed by atoms with Gasteiger partial charge in [-0.3, -0.25) is 19.4 Å². The number of aromatic nitrogens is 2. The van der Waals surface area contributed by atoms with Gasteiger partial charge in [0.25, 0.3) is 11.8 Å². The number of carbonyl (C=O) groups excluding carboxylic acids is 3. The number of nitrogens with zero attached hydrogens (tertiary/aromatic N) is 3. The zero-order valence-electron chi connectivity index (χ0n) is 26.5. The van der Waals surface area contributed by atoms with E-state index in [-0.39, 0.29) is 37.5 Å². The lowest BCUT2D eigenvalue weighted by Crippen LogP contribution is -2.60. The Morgan fingerprint density at radius 3 is 2.67 bits per heavy atom. The van der Waals surface area contributed by atoms with E-state index in [1.165, 1.54) is 13.1 Å². The molecular formula is C35H34F5N5O4. The smallest absolute Gasteiger partial charge is 0.265 e. The molecule has 1 aliphatic carbocycles. The van der Waals surface area contributed by atoms with Crippen LogP contribution in [-0.4, -0.2) is 70.9 Å². The van der Waals surface area contributed by atoms with E-state index in [1.54, 1.807) is 24.4 Å². The molecule has 4 heterocycles. The maximum atomic E-state index is 15.4. The van der Waals surface area contributed by atoms with Crippen molar-refractivity contribution >= 4 is 30.1 Å². The molecule has 9 nitrogen and oxygen atoms in total. The van der Waals surface area contributed by atoms with E-state index < -0.39 is 71.7 Å². The number of nitrogens with one attached hydrogen (secondary N) is 2. The lowest BCUT2D eigenvalue weighted by Gasteiger charge is -2.44. The lowest BCUT2D eigenvalue weighted by molar-refractivity contribution is -0.147. The fourth-order valence-corrected chi connectivity index (χ4v) is 6.98. The molecular weight excluding hydrogens is 649 g/mol. The summed E-state index contributed by atoms with van der Waals surface area (Å²) in [6, 6.07) is 2.26. The number of hydrogen-bond acceptors (Lipinski definition) is 6. The van der Waals surface area contributed by atoms with Gasteiger partial charge in [0, 0.05) is 48.6 Å². The summed E-state index contributed by atoms with van der Waals surface area (Å²) in [6.07, 6.45) is 6.82. The van der Waals surface area contributed by atoms with Crippen LogP contribution in [-0.2, 0) is 27.2 Å². The van der Waals surface area contributed by atoms with Crippen LogP contribution in [0.4, 0.5) is 27.8 Å². The van der Waals surface area contributed by atoms with Gasteiger partial charge in [-0.1, -0.05) is 12.2 Å². The predicted molar refractivity (Wildman–Crippen MR) is 168 cm³/mol. The summed E-state index contributed by atoms with van der Waals surface area (Å²) in [6.45, 7) is 0.416. The van der Waals surface area contributed by atoms with Crippen LogP contribution in [0.2, 0.25) is 0 Å². The number of pyridine rings is 2. The zero-order valence-corrected chi connectivity index (χ0v) is 26.5. The average molecular weight is 684 g/mol. The lowest BCUT2D eigenvalue weighted by atomic mass is 9.80. The van der Waals surface area contributed by atoms with E-state index in [9.17, 15) is 18.8 Å².